The molecule has 55 heavy (non-hydrogen) atoms. The quantitative estimate of drug-likeness (QED) is 0.0312. The van der Waals surface area contributed by atoms with Crippen LogP contribution >= 0.6 is 0 Å². The van der Waals surface area contributed by atoms with E-state index in [0.29, 0.717) is 6.42 Å². The molecule has 0 bridgehead atoms. The molecule has 1 saturated heterocycles. The first kappa shape index (κ1) is 45.4. The minimum atomic E-state index is -1.14. The fraction of sp³-hybridized carbons (Fsp3) is 0.583. The van der Waals surface area contributed by atoms with E-state index in [4.69, 9.17) is 17.2 Å². The Labute approximate surface area is 320 Å². The molecule has 0 aliphatic carbocycles. The summed E-state index contributed by atoms with van der Waals surface area (Å²) in [6.45, 7) is 6.51. The third-order valence-electron chi connectivity index (χ3n) is 8.40. The van der Waals surface area contributed by atoms with Crippen molar-refractivity contribution in [2.45, 2.75) is 103 Å². The number of nitrogens with two attached hydrogens (primary N) is 3. The Morgan fingerprint density at radius 2 is 1.33 bits per heavy atom. The van der Waals surface area contributed by atoms with Gasteiger partial charge < -0.3 is 54.4 Å². The molecular weight excluding hydrogens is 714 g/mol. The molecule has 13 N–H and O–H groups in total. The van der Waals surface area contributed by atoms with Crippen molar-refractivity contribution < 1.29 is 38.4 Å². The van der Waals surface area contributed by atoms with Gasteiger partial charge in [0.15, 0.2) is 5.96 Å². The molecule has 0 aromatic heterocycles. The van der Waals surface area contributed by atoms with E-state index in [9.17, 15) is 38.4 Å². The van der Waals surface area contributed by atoms with Crippen LogP contribution in [-0.2, 0) is 44.8 Å². The monoisotopic (exact) mass is 771 g/mol. The van der Waals surface area contributed by atoms with Crippen LogP contribution in [0, 0.1) is 11.8 Å². The third kappa shape index (κ3) is 17.8. The summed E-state index contributed by atoms with van der Waals surface area (Å²) in [6.07, 6.45) is 1.50. The minimum absolute atomic E-state index is 0.00791. The van der Waals surface area contributed by atoms with Crippen molar-refractivity contribution in [3.63, 3.8) is 0 Å². The van der Waals surface area contributed by atoms with Crippen LogP contribution in [0.25, 0.3) is 0 Å². The maximum absolute atomic E-state index is 13.3. The van der Waals surface area contributed by atoms with Crippen molar-refractivity contribution in [3.8, 4) is 0 Å². The zero-order valence-corrected chi connectivity index (χ0v) is 31.9. The number of primary amides is 1. The molecule has 1 aromatic rings. The standard InChI is InChI=1S/C36H57N11O8/c1-20(2)15-26(46-35(55)27(16-21(3)4)47-34(54)24-12-13-28(48)43-24)32(52)42-18-29(49)41-19-30(50)44-23(11-8-14-40-36(38)39)33(53)45-25(31(37)51)17-22-9-6-5-7-10-22/h5-7,9-10,20-21,23-27H,8,11-19H2,1-4H3,(H2,37,51)(H,41,49)(H,42,52)(H,43,48)(H,44,50)(H,45,53)(H,46,55)(H,47,54)(H4,38,39,40)/t23-,24-,25-,26-,27-/m0/s1. The first-order valence-corrected chi connectivity index (χ1v) is 18.4. The highest BCUT2D eigenvalue weighted by Crippen LogP contribution is 2.12. The molecule has 304 valence electrons. The molecule has 19 nitrogen and oxygen atoms in total. The molecule has 8 amide bonds. The van der Waals surface area contributed by atoms with Gasteiger partial charge in [-0.2, -0.15) is 0 Å². The van der Waals surface area contributed by atoms with E-state index >= 15 is 0 Å². The summed E-state index contributed by atoms with van der Waals surface area (Å²) in [5.74, 6) is -5.09. The smallest absolute Gasteiger partial charge is 0.243 e. The second-order valence-corrected chi connectivity index (χ2v) is 14.3. The van der Waals surface area contributed by atoms with E-state index in [1.54, 1.807) is 30.3 Å². The first-order chi connectivity index (χ1) is 25.9. The van der Waals surface area contributed by atoms with Gasteiger partial charge in [0.1, 0.15) is 30.2 Å². The maximum Gasteiger partial charge on any atom is 0.243 e. The zero-order chi connectivity index (χ0) is 41.1. The normalized spacial score (nSPS) is 15.7. The SMILES string of the molecule is CC(C)C[C@H](NC(=O)[C@H](CC(C)C)NC(=O)[C@@H]1CCC(=O)N1)C(=O)NCC(=O)NCC(=O)N[C@@H](CCCN=C(N)N)C(=O)N[C@@H](Cc1ccccc1)C(N)=O. The number of nitrogens with one attached hydrogen (secondary N) is 7. The van der Waals surface area contributed by atoms with E-state index in [1.807, 2.05) is 27.7 Å². The van der Waals surface area contributed by atoms with Gasteiger partial charge >= 0.3 is 0 Å². The van der Waals surface area contributed by atoms with Gasteiger partial charge in [0, 0.05) is 19.4 Å². The summed E-state index contributed by atoms with van der Waals surface area (Å²) < 4.78 is 0. The van der Waals surface area contributed by atoms with Crippen LogP contribution in [0.1, 0.15) is 71.8 Å². The van der Waals surface area contributed by atoms with Gasteiger partial charge in [-0.15, -0.1) is 0 Å². The molecule has 1 aliphatic heterocycles. The lowest BCUT2D eigenvalue weighted by molar-refractivity contribution is -0.134. The summed E-state index contributed by atoms with van der Waals surface area (Å²) >= 11 is 0. The minimum Gasteiger partial charge on any atom is -0.370 e. The Balaban J connectivity index is 1.99. The summed E-state index contributed by atoms with van der Waals surface area (Å²) in [7, 11) is 0. The second-order valence-electron chi connectivity index (χ2n) is 14.3. The van der Waals surface area contributed by atoms with Crippen LogP contribution in [-0.4, -0.2) is 103 Å². The molecule has 1 aliphatic rings. The zero-order valence-electron chi connectivity index (χ0n) is 31.9. The van der Waals surface area contributed by atoms with Crippen molar-refractivity contribution in [1.82, 2.24) is 37.2 Å². The van der Waals surface area contributed by atoms with E-state index in [2.05, 4.69) is 42.2 Å². The van der Waals surface area contributed by atoms with Gasteiger partial charge in [-0.05, 0) is 49.5 Å². The average molecular weight is 772 g/mol. The number of benzene rings is 1. The molecule has 0 saturated carbocycles. The van der Waals surface area contributed by atoms with Gasteiger partial charge in [0.2, 0.25) is 47.3 Å². The molecule has 0 unspecified atom stereocenters. The number of carbonyl (C=O) groups is 8. The van der Waals surface area contributed by atoms with Crippen molar-refractivity contribution in [3.05, 3.63) is 35.9 Å². The number of guanidine groups is 1. The first-order valence-electron chi connectivity index (χ1n) is 18.4. The molecule has 2 rings (SSSR count). The van der Waals surface area contributed by atoms with Crippen LogP contribution in [0.15, 0.2) is 35.3 Å². The predicted octanol–water partition coefficient (Wildman–Crippen LogP) is -2.69. The molecular formula is C36H57N11O8. The van der Waals surface area contributed by atoms with Crippen molar-refractivity contribution in [2.24, 2.45) is 34.0 Å². The molecule has 1 fully saturated rings. The highest BCUT2D eigenvalue weighted by Gasteiger charge is 2.33. The van der Waals surface area contributed by atoms with Crippen molar-refractivity contribution in [1.29, 1.82) is 0 Å². The Hall–Kier alpha value is -5.75. The molecule has 1 aromatic carbocycles. The molecule has 5 atom stereocenters. The van der Waals surface area contributed by atoms with Crippen LogP contribution in [0.4, 0.5) is 0 Å². The van der Waals surface area contributed by atoms with Crippen molar-refractivity contribution in [2.75, 3.05) is 19.6 Å². The Morgan fingerprint density at radius 1 is 0.745 bits per heavy atom. The van der Waals surface area contributed by atoms with Crippen LogP contribution in [0.2, 0.25) is 0 Å². The lowest BCUT2D eigenvalue weighted by atomic mass is 9.99. The number of nitrogens with zero attached hydrogens (tertiary/aromatic N) is 1. The molecule has 0 spiro atoms. The Bertz CT molecular complexity index is 1530. The van der Waals surface area contributed by atoms with Gasteiger partial charge in [-0.25, -0.2) is 0 Å². The topological polar surface area (TPSA) is 311 Å². The third-order valence-corrected chi connectivity index (χ3v) is 8.40. The average Bonchev–Trinajstić information content (AvgIpc) is 3.56. The van der Waals surface area contributed by atoms with Gasteiger partial charge in [-0.1, -0.05) is 58.0 Å². The number of hydrogen-bond donors (Lipinski definition) is 10. The highest BCUT2D eigenvalue weighted by atomic mass is 16.2. The summed E-state index contributed by atoms with van der Waals surface area (Å²) in [5, 5.41) is 17.9. The van der Waals surface area contributed by atoms with Crippen LogP contribution in [0.3, 0.4) is 0 Å². The summed E-state index contributed by atoms with van der Waals surface area (Å²) in [6, 6.07) is 3.92. The summed E-state index contributed by atoms with van der Waals surface area (Å²) in [4.78, 5) is 106. The molecule has 19 heteroatoms. The second kappa shape index (κ2) is 23.1. The van der Waals surface area contributed by atoms with E-state index in [1.165, 1.54) is 0 Å². The van der Waals surface area contributed by atoms with Gasteiger partial charge in [0.25, 0.3) is 0 Å². The van der Waals surface area contributed by atoms with Crippen LogP contribution < -0.4 is 54.4 Å². The largest absolute Gasteiger partial charge is 0.370 e. The maximum atomic E-state index is 13.3. The summed E-state index contributed by atoms with van der Waals surface area (Å²) in [5.41, 5.74) is 17.1. The van der Waals surface area contributed by atoms with E-state index in [-0.39, 0.29) is 68.8 Å². The van der Waals surface area contributed by atoms with Gasteiger partial charge in [0.05, 0.1) is 13.1 Å². The fourth-order valence-electron chi connectivity index (χ4n) is 5.66. The van der Waals surface area contributed by atoms with Crippen LogP contribution in [0.5, 0.6) is 0 Å². The lowest BCUT2D eigenvalue weighted by Crippen LogP contribution is -2.57. The van der Waals surface area contributed by atoms with E-state index in [0.717, 1.165) is 5.56 Å². The van der Waals surface area contributed by atoms with Crippen molar-refractivity contribution >= 4 is 53.2 Å². The molecule has 0 radical (unpaired) electrons. The number of rotatable bonds is 23. The lowest BCUT2D eigenvalue weighted by Gasteiger charge is -2.26. The number of carbonyl (C=O) groups excluding carboxylic acids is 8. The Kier molecular flexibility index (Phi) is 19.1. The molecule has 1 heterocycles. The number of aliphatic imine (C=N–C) groups is 1. The van der Waals surface area contributed by atoms with E-state index < -0.39 is 84.6 Å². The highest BCUT2D eigenvalue weighted by molar-refractivity contribution is 5.96. The van der Waals surface area contributed by atoms with Gasteiger partial charge in [-0.3, -0.25) is 43.3 Å². The Morgan fingerprint density at radius 3 is 1.89 bits per heavy atom. The number of amides is 8. The number of hydrogen-bond acceptors (Lipinski definition) is 9. The predicted molar refractivity (Wildman–Crippen MR) is 203 cm³/mol. The fourth-order valence-corrected chi connectivity index (χ4v) is 5.66.